The molecular formula is C19H21N7O5S. The van der Waals surface area contributed by atoms with Crippen molar-refractivity contribution < 1.29 is 23.5 Å². The molecular weight excluding hydrogens is 438 g/mol. The van der Waals surface area contributed by atoms with Crippen molar-refractivity contribution in [1.29, 1.82) is 0 Å². The van der Waals surface area contributed by atoms with Gasteiger partial charge in [-0.3, -0.25) is 10.0 Å². The summed E-state index contributed by atoms with van der Waals surface area (Å²) in [6.07, 6.45) is 4.82. The molecule has 3 aromatic heterocycles. The minimum Gasteiger partial charge on any atom is -0.366 e. The molecule has 1 aliphatic carbocycles. The molecule has 5 rings (SSSR count). The van der Waals surface area contributed by atoms with Crippen molar-refractivity contribution >= 4 is 38.7 Å². The zero-order valence-corrected chi connectivity index (χ0v) is 17.7. The molecule has 1 amide bonds. The van der Waals surface area contributed by atoms with Gasteiger partial charge in [-0.15, -0.1) is 0 Å². The van der Waals surface area contributed by atoms with Crippen LogP contribution >= 0.6 is 0 Å². The van der Waals surface area contributed by atoms with E-state index >= 15 is 0 Å². The second-order valence-electron chi connectivity index (χ2n) is 8.04. The van der Waals surface area contributed by atoms with E-state index in [0.29, 0.717) is 40.5 Å². The SMILES string of the molecule is NS(=O)(=O)c1ccc(Nc2ncc3cc4n(c3n2)C2(CCCCC2)C(=O)N(O)C4O)nc1. The van der Waals surface area contributed by atoms with Crippen LogP contribution in [-0.4, -0.2) is 49.2 Å². The first-order valence-electron chi connectivity index (χ1n) is 10.1. The number of rotatable bonds is 3. The predicted molar refractivity (Wildman–Crippen MR) is 111 cm³/mol. The normalized spacial score (nSPS) is 20.5. The highest BCUT2D eigenvalue weighted by atomic mass is 32.2. The molecule has 1 atom stereocenters. The highest BCUT2D eigenvalue weighted by Gasteiger charge is 2.51. The summed E-state index contributed by atoms with van der Waals surface area (Å²) >= 11 is 0. The van der Waals surface area contributed by atoms with Crippen molar-refractivity contribution in [2.45, 2.75) is 48.8 Å². The zero-order valence-electron chi connectivity index (χ0n) is 16.8. The summed E-state index contributed by atoms with van der Waals surface area (Å²) in [5, 5.41) is 29.8. The molecule has 12 nitrogen and oxygen atoms in total. The minimum absolute atomic E-state index is 0.125. The van der Waals surface area contributed by atoms with Gasteiger partial charge in [0.1, 0.15) is 21.9 Å². The number of aliphatic hydroxyl groups excluding tert-OH is 1. The Morgan fingerprint density at radius 2 is 1.91 bits per heavy atom. The molecule has 0 saturated heterocycles. The smallest absolute Gasteiger partial charge is 0.275 e. The lowest BCUT2D eigenvalue weighted by Crippen LogP contribution is -2.56. The Morgan fingerprint density at radius 3 is 2.56 bits per heavy atom. The Labute approximate surface area is 182 Å². The number of anilines is 2. The van der Waals surface area contributed by atoms with Gasteiger partial charge in [-0.05, 0) is 31.0 Å². The number of nitrogens with two attached hydrogens (primary N) is 1. The van der Waals surface area contributed by atoms with Crippen molar-refractivity contribution in [3.8, 4) is 0 Å². The molecule has 1 fully saturated rings. The lowest BCUT2D eigenvalue weighted by Gasteiger charge is -2.45. The molecule has 32 heavy (non-hydrogen) atoms. The summed E-state index contributed by atoms with van der Waals surface area (Å²) in [6, 6.07) is 4.40. The van der Waals surface area contributed by atoms with Crippen molar-refractivity contribution in [1.82, 2.24) is 24.6 Å². The average Bonchev–Trinajstić information content (AvgIpc) is 3.16. The number of nitrogens with zero attached hydrogens (tertiary/aromatic N) is 5. The third kappa shape index (κ3) is 3.12. The van der Waals surface area contributed by atoms with Crippen LogP contribution < -0.4 is 10.5 Å². The molecule has 168 valence electrons. The second-order valence-corrected chi connectivity index (χ2v) is 9.60. The lowest BCUT2D eigenvalue weighted by atomic mass is 9.79. The maximum atomic E-state index is 13.1. The molecule has 2 aliphatic rings. The molecule has 5 N–H and O–H groups in total. The van der Waals surface area contributed by atoms with E-state index in [-0.39, 0.29) is 10.8 Å². The van der Waals surface area contributed by atoms with E-state index < -0.39 is 27.7 Å². The van der Waals surface area contributed by atoms with E-state index in [4.69, 9.17) is 5.14 Å². The fourth-order valence-electron chi connectivity index (χ4n) is 4.57. The van der Waals surface area contributed by atoms with Crippen molar-refractivity contribution in [2.75, 3.05) is 5.32 Å². The number of pyridine rings is 1. The van der Waals surface area contributed by atoms with Gasteiger partial charge in [-0.2, -0.15) is 10.0 Å². The van der Waals surface area contributed by atoms with Crippen LogP contribution in [0.3, 0.4) is 0 Å². The van der Waals surface area contributed by atoms with E-state index in [0.717, 1.165) is 25.5 Å². The number of primary sulfonamides is 1. The highest BCUT2D eigenvalue weighted by Crippen LogP contribution is 2.45. The van der Waals surface area contributed by atoms with Gasteiger partial charge in [0.25, 0.3) is 5.91 Å². The van der Waals surface area contributed by atoms with Crippen LogP contribution in [0, 0.1) is 0 Å². The fraction of sp³-hybridized carbons (Fsp3) is 0.368. The van der Waals surface area contributed by atoms with Crippen LogP contribution in [0.1, 0.15) is 44.0 Å². The van der Waals surface area contributed by atoms with Crippen LogP contribution in [0.2, 0.25) is 0 Å². The van der Waals surface area contributed by atoms with Gasteiger partial charge in [0.15, 0.2) is 6.23 Å². The number of carbonyl (C=O) groups excluding carboxylic acids is 1. The number of hydrogen-bond donors (Lipinski definition) is 4. The van der Waals surface area contributed by atoms with Gasteiger partial charge >= 0.3 is 0 Å². The Balaban J connectivity index is 1.59. The van der Waals surface area contributed by atoms with Gasteiger partial charge < -0.3 is 15.0 Å². The van der Waals surface area contributed by atoms with Crippen LogP contribution in [0.4, 0.5) is 11.8 Å². The van der Waals surface area contributed by atoms with E-state index in [2.05, 4.69) is 20.3 Å². The number of nitrogens with one attached hydrogen (secondary N) is 1. The van der Waals surface area contributed by atoms with E-state index in [1.807, 2.05) is 0 Å². The number of amides is 1. The first-order chi connectivity index (χ1) is 15.2. The summed E-state index contributed by atoms with van der Waals surface area (Å²) in [5.74, 6) is -0.0798. The summed E-state index contributed by atoms with van der Waals surface area (Å²) in [5.41, 5.74) is -0.211. The molecule has 1 unspecified atom stereocenters. The standard InChI is InChI=1S/C19H21N7O5S/c20-32(30,31)12-4-5-14(21-10-12)23-18-22-9-11-8-13-16(27)26(29)17(28)19(6-2-1-3-7-19)25(13)15(11)24-18/h4-5,8-10,16,27,29H,1-3,6-7H2,(H2,20,30,31)(H,21,22,23,24). The van der Waals surface area contributed by atoms with Crippen molar-refractivity contribution in [3.63, 3.8) is 0 Å². The number of hydrogen-bond acceptors (Lipinski definition) is 9. The molecule has 0 radical (unpaired) electrons. The number of aromatic nitrogens is 4. The lowest BCUT2D eigenvalue weighted by molar-refractivity contribution is -0.228. The number of carbonyl (C=O) groups is 1. The quantitative estimate of drug-likeness (QED) is 0.418. The molecule has 1 saturated carbocycles. The number of aliphatic hydroxyl groups is 1. The van der Waals surface area contributed by atoms with Crippen LogP contribution in [0.15, 0.2) is 35.5 Å². The van der Waals surface area contributed by atoms with Gasteiger partial charge in [0, 0.05) is 17.8 Å². The first-order valence-corrected chi connectivity index (χ1v) is 11.6. The Morgan fingerprint density at radius 1 is 1.16 bits per heavy atom. The fourth-order valence-corrected chi connectivity index (χ4v) is 5.02. The third-order valence-electron chi connectivity index (χ3n) is 6.09. The van der Waals surface area contributed by atoms with Gasteiger partial charge in [0.2, 0.25) is 16.0 Å². The van der Waals surface area contributed by atoms with E-state index in [1.165, 1.54) is 12.1 Å². The van der Waals surface area contributed by atoms with Crippen LogP contribution in [-0.2, 0) is 20.4 Å². The van der Waals surface area contributed by atoms with Crippen LogP contribution in [0.25, 0.3) is 11.0 Å². The summed E-state index contributed by atoms with van der Waals surface area (Å²) in [4.78, 5) is 25.8. The average molecular weight is 459 g/mol. The highest BCUT2D eigenvalue weighted by molar-refractivity contribution is 7.89. The molecule has 4 heterocycles. The minimum atomic E-state index is -3.86. The zero-order chi connectivity index (χ0) is 22.7. The maximum absolute atomic E-state index is 13.1. The second kappa shape index (κ2) is 7.20. The van der Waals surface area contributed by atoms with E-state index in [9.17, 15) is 23.5 Å². The van der Waals surface area contributed by atoms with Crippen molar-refractivity contribution in [2.24, 2.45) is 5.14 Å². The van der Waals surface area contributed by atoms with Gasteiger partial charge in [0.05, 0.1) is 5.69 Å². The molecule has 0 aromatic carbocycles. The predicted octanol–water partition coefficient (Wildman–Crippen LogP) is 1.10. The Hall–Kier alpha value is -3.13. The topological polar surface area (TPSA) is 177 Å². The first kappa shape index (κ1) is 20.8. The Kier molecular flexibility index (Phi) is 4.67. The monoisotopic (exact) mass is 459 g/mol. The molecule has 13 heteroatoms. The van der Waals surface area contributed by atoms with Crippen LogP contribution in [0.5, 0.6) is 0 Å². The molecule has 1 aliphatic heterocycles. The van der Waals surface area contributed by atoms with Gasteiger partial charge in [-0.1, -0.05) is 19.3 Å². The third-order valence-corrected chi connectivity index (χ3v) is 6.98. The number of hydroxylamine groups is 2. The Bertz CT molecular complexity index is 1320. The summed E-state index contributed by atoms with van der Waals surface area (Å²) in [7, 11) is -3.86. The van der Waals surface area contributed by atoms with Gasteiger partial charge in [-0.25, -0.2) is 23.5 Å². The summed E-state index contributed by atoms with van der Waals surface area (Å²) in [6.45, 7) is 0. The number of sulfonamides is 1. The largest absolute Gasteiger partial charge is 0.366 e. The molecule has 3 aromatic rings. The van der Waals surface area contributed by atoms with E-state index in [1.54, 1.807) is 16.8 Å². The molecule has 1 spiro atoms. The number of fused-ring (bicyclic) bond motifs is 4. The molecule has 0 bridgehead atoms. The maximum Gasteiger partial charge on any atom is 0.275 e. The summed E-state index contributed by atoms with van der Waals surface area (Å²) < 4.78 is 24.5. The van der Waals surface area contributed by atoms with Crippen molar-refractivity contribution in [3.05, 3.63) is 36.3 Å².